The topological polar surface area (TPSA) is 65.9 Å². The van der Waals surface area contributed by atoms with E-state index in [1.807, 2.05) is 0 Å². The van der Waals surface area contributed by atoms with Crippen LogP contribution in [0.1, 0.15) is 24.8 Å². The van der Waals surface area contributed by atoms with Crippen molar-refractivity contribution in [3.63, 3.8) is 0 Å². The third-order valence-corrected chi connectivity index (χ3v) is 6.15. The molecule has 5 nitrogen and oxygen atoms in total. The van der Waals surface area contributed by atoms with Gasteiger partial charge < -0.3 is 15.2 Å². The van der Waals surface area contributed by atoms with E-state index in [0.29, 0.717) is 28.4 Å². The molecular weight excluding hydrogens is 334 g/mol. The molecule has 2 bridgehead atoms. The normalized spacial score (nSPS) is 32.1. The van der Waals surface area contributed by atoms with Gasteiger partial charge in [0.25, 0.3) is 0 Å². The lowest BCUT2D eigenvalue weighted by molar-refractivity contribution is 0.246. The summed E-state index contributed by atoms with van der Waals surface area (Å²) in [7, 11) is 1.52. The fourth-order valence-corrected chi connectivity index (χ4v) is 5.08. The van der Waals surface area contributed by atoms with Crippen LogP contribution in [0.25, 0.3) is 0 Å². The number of phenolic OH excluding ortho intramolecular Hbond substituents is 1. The van der Waals surface area contributed by atoms with E-state index < -0.39 is 0 Å². The van der Waals surface area contributed by atoms with Gasteiger partial charge in [-0.2, -0.15) is 5.10 Å². The van der Waals surface area contributed by atoms with Crippen molar-refractivity contribution in [1.29, 1.82) is 0 Å². The number of hydrogen-bond acceptors (Lipinski definition) is 4. The zero-order valence-electron chi connectivity index (χ0n) is 14.2. The van der Waals surface area contributed by atoms with Crippen LogP contribution in [-0.4, -0.2) is 29.6 Å². The molecule has 0 unspecified atom stereocenters. The Hall–Kier alpha value is -2.08. The number of aromatic hydroxyl groups is 1. The highest BCUT2D eigenvalue weighted by Crippen LogP contribution is 2.56. The molecular formula is C19H23N3O2S. The molecule has 4 rings (SSSR count). The van der Waals surface area contributed by atoms with Gasteiger partial charge in [0, 0.05) is 11.6 Å². The van der Waals surface area contributed by atoms with E-state index in [-0.39, 0.29) is 5.75 Å². The van der Waals surface area contributed by atoms with Crippen molar-refractivity contribution in [3.8, 4) is 11.5 Å². The van der Waals surface area contributed by atoms with E-state index >= 15 is 0 Å². The summed E-state index contributed by atoms with van der Waals surface area (Å²) in [6.07, 6.45) is 10.1. The Kier molecular flexibility index (Phi) is 4.37. The lowest BCUT2D eigenvalue weighted by Gasteiger charge is -2.32. The predicted molar refractivity (Wildman–Crippen MR) is 102 cm³/mol. The molecule has 0 amide bonds. The highest BCUT2D eigenvalue weighted by Gasteiger charge is 2.52. The first kappa shape index (κ1) is 16.4. The van der Waals surface area contributed by atoms with Gasteiger partial charge in [-0.15, -0.1) is 0 Å². The van der Waals surface area contributed by atoms with E-state index in [1.54, 1.807) is 24.4 Å². The third-order valence-electron chi connectivity index (χ3n) is 5.95. The van der Waals surface area contributed by atoms with Crippen LogP contribution in [0.2, 0.25) is 0 Å². The first-order valence-electron chi connectivity index (χ1n) is 8.79. The maximum atomic E-state index is 10.0. The number of hydrazone groups is 1. The zero-order valence-corrected chi connectivity index (χ0v) is 15.0. The minimum atomic E-state index is 0.0709. The maximum Gasteiger partial charge on any atom is 0.187 e. The van der Waals surface area contributed by atoms with Gasteiger partial charge in [-0.3, -0.25) is 5.43 Å². The number of phenols is 1. The number of nitrogens with zero attached hydrogens (tertiary/aromatic N) is 1. The van der Waals surface area contributed by atoms with Crippen LogP contribution >= 0.6 is 12.2 Å². The average Bonchev–Trinajstić information content (AvgIpc) is 3.29. The van der Waals surface area contributed by atoms with Gasteiger partial charge in [0.1, 0.15) is 0 Å². The second-order valence-corrected chi connectivity index (χ2v) is 7.56. The second kappa shape index (κ2) is 6.67. The number of methoxy groups -OCH3 is 1. The summed E-state index contributed by atoms with van der Waals surface area (Å²) in [6, 6.07) is 5.71. The van der Waals surface area contributed by atoms with Crippen LogP contribution in [0.3, 0.4) is 0 Å². The Bertz CT molecular complexity index is 733. The first-order chi connectivity index (χ1) is 12.2. The minimum absolute atomic E-state index is 0.0709. The fraction of sp³-hybridized carbons (Fsp3) is 0.474. The molecule has 0 aliphatic heterocycles. The molecule has 25 heavy (non-hydrogen) atoms. The molecule has 0 heterocycles. The van der Waals surface area contributed by atoms with Gasteiger partial charge in [-0.05, 0) is 67.3 Å². The van der Waals surface area contributed by atoms with Crippen LogP contribution in [-0.2, 0) is 0 Å². The average molecular weight is 357 g/mol. The lowest BCUT2D eigenvalue weighted by atomic mass is 9.79. The van der Waals surface area contributed by atoms with Gasteiger partial charge in [0.05, 0.1) is 13.3 Å². The quantitative estimate of drug-likeness (QED) is 0.335. The van der Waals surface area contributed by atoms with E-state index in [0.717, 1.165) is 17.8 Å². The van der Waals surface area contributed by atoms with Gasteiger partial charge >= 0.3 is 0 Å². The summed E-state index contributed by atoms with van der Waals surface area (Å²) in [6.45, 7) is 0. The SMILES string of the molecule is COc1cccc(/C=N/NC(=S)N[C@@H]2C[C@H]3C[C@@H]2[C@H]2C=CC[C@H]32)c1O. The Morgan fingerprint density at radius 3 is 3.08 bits per heavy atom. The number of para-hydroxylation sites is 1. The molecule has 3 aliphatic carbocycles. The van der Waals surface area contributed by atoms with Gasteiger partial charge in [-0.1, -0.05) is 18.2 Å². The van der Waals surface area contributed by atoms with Crippen molar-refractivity contribution >= 4 is 23.5 Å². The smallest absolute Gasteiger partial charge is 0.187 e. The van der Waals surface area contributed by atoms with Crippen molar-refractivity contribution in [2.75, 3.05) is 7.11 Å². The number of benzene rings is 1. The number of hydrogen-bond donors (Lipinski definition) is 3. The molecule has 0 aromatic heterocycles. The van der Waals surface area contributed by atoms with Crippen LogP contribution in [0.15, 0.2) is 35.5 Å². The van der Waals surface area contributed by atoms with E-state index in [1.165, 1.54) is 26.4 Å². The standard InChI is InChI=1S/C19H23N3O2S/c1-24-17-7-2-4-11(18(17)23)10-20-22-19(25)21-16-9-12-8-15(16)14-6-3-5-13(12)14/h2-4,6-7,10,12-16,23H,5,8-9H2,1H3,(H2,21,22,25)/b20-10+/t12-,13-,14+,15-,16-/m1/s1. The summed E-state index contributed by atoms with van der Waals surface area (Å²) >= 11 is 5.38. The molecule has 0 spiro atoms. The number of fused-ring (bicyclic) bond motifs is 5. The lowest BCUT2D eigenvalue weighted by Crippen LogP contribution is -2.45. The highest BCUT2D eigenvalue weighted by molar-refractivity contribution is 7.80. The summed E-state index contributed by atoms with van der Waals surface area (Å²) in [5, 5.41) is 18.2. The number of thiocarbonyl (C=S) groups is 1. The van der Waals surface area contributed by atoms with Gasteiger partial charge in [0.15, 0.2) is 16.6 Å². The summed E-state index contributed by atoms with van der Waals surface area (Å²) < 4.78 is 5.09. The van der Waals surface area contributed by atoms with Gasteiger partial charge in [-0.25, -0.2) is 0 Å². The highest BCUT2D eigenvalue weighted by atomic mass is 32.1. The summed E-state index contributed by atoms with van der Waals surface area (Å²) in [5.41, 5.74) is 3.44. The van der Waals surface area contributed by atoms with Crippen LogP contribution in [0, 0.1) is 23.7 Å². The predicted octanol–water partition coefficient (Wildman–Crippen LogP) is 2.80. The van der Waals surface area contributed by atoms with Crippen LogP contribution in [0.4, 0.5) is 0 Å². The summed E-state index contributed by atoms with van der Waals surface area (Å²) in [5.74, 6) is 3.63. The van der Waals surface area contributed by atoms with Gasteiger partial charge in [0.2, 0.25) is 0 Å². The van der Waals surface area contributed by atoms with Crippen LogP contribution in [0.5, 0.6) is 11.5 Å². The second-order valence-electron chi connectivity index (χ2n) is 7.15. The monoisotopic (exact) mass is 357 g/mol. The number of nitrogens with one attached hydrogen (secondary N) is 2. The number of ether oxygens (including phenoxy) is 1. The Morgan fingerprint density at radius 2 is 2.24 bits per heavy atom. The number of rotatable bonds is 4. The molecule has 6 heteroatoms. The van der Waals surface area contributed by atoms with E-state index in [2.05, 4.69) is 28.0 Å². The first-order valence-corrected chi connectivity index (χ1v) is 9.20. The van der Waals surface area contributed by atoms with Crippen molar-refractivity contribution in [2.24, 2.45) is 28.8 Å². The molecule has 2 saturated carbocycles. The van der Waals surface area contributed by atoms with Crippen molar-refractivity contribution < 1.29 is 9.84 Å². The Labute approximate surface area is 153 Å². The molecule has 1 aromatic carbocycles. The van der Waals surface area contributed by atoms with Crippen molar-refractivity contribution in [2.45, 2.75) is 25.3 Å². The molecule has 5 atom stereocenters. The Morgan fingerprint density at radius 1 is 1.36 bits per heavy atom. The fourth-order valence-electron chi connectivity index (χ4n) is 4.88. The minimum Gasteiger partial charge on any atom is -0.504 e. The Balaban J connectivity index is 1.32. The molecule has 0 saturated heterocycles. The molecule has 132 valence electrons. The molecule has 0 radical (unpaired) electrons. The molecule has 2 fully saturated rings. The van der Waals surface area contributed by atoms with Crippen LogP contribution < -0.4 is 15.5 Å². The maximum absolute atomic E-state index is 10.0. The zero-order chi connectivity index (χ0) is 17.4. The summed E-state index contributed by atoms with van der Waals surface area (Å²) in [4.78, 5) is 0. The number of allylic oxidation sites excluding steroid dienone is 2. The van der Waals surface area contributed by atoms with Crippen molar-refractivity contribution in [3.05, 3.63) is 35.9 Å². The van der Waals surface area contributed by atoms with E-state index in [4.69, 9.17) is 17.0 Å². The van der Waals surface area contributed by atoms with E-state index in [9.17, 15) is 5.11 Å². The molecule has 3 aliphatic rings. The molecule has 1 aromatic rings. The largest absolute Gasteiger partial charge is 0.504 e. The van der Waals surface area contributed by atoms with Crippen molar-refractivity contribution in [1.82, 2.24) is 10.7 Å². The third kappa shape index (κ3) is 2.99. The molecule has 3 N–H and O–H groups in total.